The maximum absolute atomic E-state index is 13.3. The number of carbonyl (C=O) groups excluding carboxylic acids is 1. The van der Waals surface area contributed by atoms with Crippen LogP contribution in [0, 0.1) is 6.92 Å². The third kappa shape index (κ3) is 5.20. The van der Waals surface area contributed by atoms with E-state index in [0.29, 0.717) is 29.0 Å². The summed E-state index contributed by atoms with van der Waals surface area (Å²) in [4.78, 5) is 25.6. The monoisotopic (exact) mass is 458 g/mol. The topological polar surface area (TPSA) is 89.0 Å². The summed E-state index contributed by atoms with van der Waals surface area (Å²) in [7, 11) is 0. The zero-order valence-corrected chi connectivity index (χ0v) is 18.6. The molecule has 1 aliphatic rings. The van der Waals surface area contributed by atoms with Gasteiger partial charge in [-0.3, -0.25) is 9.36 Å². The van der Waals surface area contributed by atoms with Crippen molar-refractivity contribution in [1.29, 1.82) is 0 Å². The van der Waals surface area contributed by atoms with Gasteiger partial charge in [0.05, 0.1) is 12.6 Å². The van der Waals surface area contributed by atoms with E-state index in [-0.39, 0.29) is 17.7 Å². The molecule has 2 heterocycles. The minimum absolute atomic E-state index is 0.0200. The van der Waals surface area contributed by atoms with Crippen LogP contribution >= 0.6 is 23.4 Å². The van der Waals surface area contributed by atoms with Crippen LogP contribution in [0.25, 0.3) is 0 Å². The predicted octanol–water partition coefficient (Wildman–Crippen LogP) is 4.18. The van der Waals surface area contributed by atoms with Gasteiger partial charge in [0.25, 0.3) is 0 Å². The molecule has 3 aromatic rings. The second-order valence-electron chi connectivity index (χ2n) is 7.42. The maximum Gasteiger partial charge on any atom is 0.344 e. The summed E-state index contributed by atoms with van der Waals surface area (Å²) in [5, 5.41) is 10.0. The van der Waals surface area contributed by atoms with Crippen molar-refractivity contribution in [2.45, 2.75) is 42.8 Å². The van der Waals surface area contributed by atoms with E-state index >= 15 is 0 Å². The standard InChI is InChI=1S/C22H23ClN4O3S/c1-14-9-10-16(12-18(14)23)24-20(28)19(15-6-3-2-4-7-15)31-22-26-25-21(29)27(22)13-17-8-5-11-30-17/h2-4,6-7,9-10,12,17,19H,5,8,11,13H2,1H3,(H,24,28)(H,25,29). The van der Waals surface area contributed by atoms with Gasteiger partial charge in [0.2, 0.25) is 5.91 Å². The van der Waals surface area contributed by atoms with Gasteiger partial charge in [0.1, 0.15) is 5.25 Å². The first-order valence-corrected chi connectivity index (χ1v) is 11.3. The summed E-state index contributed by atoms with van der Waals surface area (Å²) in [5.41, 5.74) is 2.04. The maximum atomic E-state index is 13.3. The number of hydrogen-bond acceptors (Lipinski definition) is 5. The van der Waals surface area contributed by atoms with E-state index in [2.05, 4.69) is 15.5 Å². The first-order chi connectivity index (χ1) is 15.0. The fourth-order valence-corrected chi connectivity index (χ4v) is 4.66. The molecule has 0 bridgehead atoms. The van der Waals surface area contributed by atoms with E-state index in [1.165, 1.54) is 11.8 Å². The van der Waals surface area contributed by atoms with Crippen LogP contribution in [0.1, 0.15) is 29.2 Å². The van der Waals surface area contributed by atoms with E-state index in [1.807, 2.05) is 49.4 Å². The van der Waals surface area contributed by atoms with E-state index in [1.54, 1.807) is 10.6 Å². The Morgan fingerprint density at radius 2 is 2.16 bits per heavy atom. The zero-order chi connectivity index (χ0) is 21.8. The molecule has 4 rings (SSSR count). The highest BCUT2D eigenvalue weighted by Gasteiger charge is 2.27. The van der Waals surface area contributed by atoms with Crippen molar-refractivity contribution in [1.82, 2.24) is 14.8 Å². The van der Waals surface area contributed by atoms with Crippen molar-refractivity contribution in [3.05, 3.63) is 75.2 Å². The highest BCUT2D eigenvalue weighted by Crippen LogP contribution is 2.35. The molecule has 1 aromatic heterocycles. The molecule has 0 aliphatic carbocycles. The van der Waals surface area contributed by atoms with Crippen molar-refractivity contribution >= 4 is 35.0 Å². The number of amides is 1. The molecule has 1 aliphatic heterocycles. The summed E-state index contributed by atoms with van der Waals surface area (Å²) in [6, 6.07) is 14.8. The van der Waals surface area contributed by atoms with Crippen molar-refractivity contribution < 1.29 is 9.53 Å². The highest BCUT2D eigenvalue weighted by molar-refractivity contribution is 8.00. The Morgan fingerprint density at radius 3 is 2.87 bits per heavy atom. The van der Waals surface area contributed by atoms with Gasteiger partial charge in [-0.25, -0.2) is 9.89 Å². The second-order valence-corrected chi connectivity index (χ2v) is 8.90. The molecule has 2 unspecified atom stereocenters. The lowest BCUT2D eigenvalue weighted by Crippen LogP contribution is -2.26. The predicted molar refractivity (Wildman–Crippen MR) is 122 cm³/mol. The van der Waals surface area contributed by atoms with Crippen LogP contribution in [0.3, 0.4) is 0 Å². The lowest BCUT2D eigenvalue weighted by molar-refractivity contribution is -0.115. The number of nitrogens with zero attached hydrogens (tertiary/aromatic N) is 2. The van der Waals surface area contributed by atoms with Crippen LogP contribution in [0.4, 0.5) is 5.69 Å². The van der Waals surface area contributed by atoms with Gasteiger partial charge in [-0.05, 0) is 43.0 Å². The number of nitrogens with one attached hydrogen (secondary N) is 2. The summed E-state index contributed by atoms with van der Waals surface area (Å²) in [6.45, 7) is 3.02. The van der Waals surface area contributed by atoms with Crippen LogP contribution in [0.5, 0.6) is 0 Å². The third-order valence-corrected chi connectivity index (χ3v) is 6.79. The molecule has 0 radical (unpaired) electrons. The molecule has 162 valence electrons. The number of aromatic nitrogens is 3. The van der Waals surface area contributed by atoms with Crippen LogP contribution in [-0.4, -0.2) is 33.4 Å². The number of ether oxygens (including phenoxy) is 1. The molecule has 7 nitrogen and oxygen atoms in total. The van der Waals surface area contributed by atoms with Gasteiger partial charge in [-0.1, -0.05) is 59.8 Å². The number of halogens is 1. The van der Waals surface area contributed by atoms with Crippen LogP contribution < -0.4 is 11.0 Å². The summed E-state index contributed by atoms with van der Waals surface area (Å²) in [6.07, 6.45) is 1.86. The lowest BCUT2D eigenvalue weighted by atomic mass is 10.1. The quantitative estimate of drug-likeness (QED) is 0.518. The second kappa shape index (κ2) is 9.72. The average molecular weight is 459 g/mol. The molecule has 1 amide bonds. The first-order valence-electron chi connectivity index (χ1n) is 10.1. The van der Waals surface area contributed by atoms with Crippen molar-refractivity contribution in [3.63, 3.8) is 0 Å². The molecule has 1 saturated heterocycles. The largest absolute Gasteiger partial charge is 0.376 e. The number of anilines is 1. The van der Waals surface area contributed by atoms with E-state index in [4.69, 9.17) is 16.3 Å². The number of aryl methyl sites for hydroxylation is 1. The van der Waals surface area contributed by atoms with Crippen molar-refractivity contribution in [2.24, 2.45) is 0 Å². The van der Waals surface area contributed by atoms with Crippen molar-refractivity contribution in [2.75, 3.05) is 11.9 Å². The molecule has 0 spiro atoms. The Hall–Kier alpha value is -2.55. The highest BCUT2D eigenvalue weighted by atomic mass is 35.5. The fraction of sp³-hybridized carbons (Fsp3) is 0.318. The fourth-order valence-electron chi connectivity index (χ4n) is 3.43. The SMILES string of the molecule is Cc1ccc(NC(=O)C(Sc2n[nH]c(=O)n2CC2CCCO2)c2ccccc2)cc1Cl. The Morgan fingerprint density at radius 1 is 1.35 bits per heavy atom. The van der Waals surface area contributed by atoms with Gasteiger partial charge < -0.3 is 10.1 Å². The number of rotatable bonds is 7. The van der Waals surface area contributed by atoms with Gasteiger partial charge in [-0.2, -0.15) is 0 Å². The van der Waals surface area contributed by atoms with E-state index in [9.17, 15) is 9.59 Å². The minimum Gasteiger partial charge on any atom is -0.376 e. The number of H-pyrrole nitrogens is 1. The Kier molecular flexibility index (Phi) is 6.80. The van der Waals surface area contributed by atoms with Crippen LogP contribution in [0.2, 0.25) is 5.02 Å². The van der Waals surface area contributed by atoms with Crippen molar-refractivity contribution in [3.8, 4) is 0 Å². The summed E-state index contributed by atoms with van der Waals surface area (Å²) >= 11 is 7.43. The number of hydrogen-bond donors (Lipinski definition) is 2. The Balaban J connectivity index is 1.60. The minimum atomic E-state index is -0.611. The smallest absolute Gasteiger partial charge is 0.344 e. The van der Waals surface area contributed by atoms with Crippen LogP contribution in [-0.2, 0) is 16.1 Å². The number of thioether (sulfide) groups is 1. The van der Waals surface area contributed by atoms with Gasteiger partial charge in [-0.15, -0.1) is 5.10 Å². The normalized spacial score (nSPS) is 16.9. The number of aromatic amines is 1. The first kappa shape index (κ1) is 21.7. The van der Waals surface area contributed by atoms with Gasteiger partial charge in [0, 0.05) is 17.3 Å². The zero-order valence-electron chi connectivity index (χ0n) is 17.0. The molecular formula is C22H23ClN4O3S. The molecule has 2 aromatic carbocycles. The summed E-state index contributed by atoms with van der Waals surface area (Å²) < 4.78 is 7.22. The lowest BCUT2D eigenvalue weighted by Gasteiger charge is -2.18. The Labute approximate surface area is 189 Å². The molecule has 1 fully saturated rings. The Bertz CT molecular complexity index is 1110. The van der Waals surface area contributed by atoms with Gasteiger partial charge in [0.15, 0.2) is 5.16 Å². The van der Waals surface area contributed by atoms with E-state index in [0.717, 1.165) is 24.0 Å². The molecule has 2 N–H and O–H groups in total. The summed E-state index contributed by atoms with van der Waals surface area (Å²) in [5.74, 6) is -0.227. The van der Waals surface area contributed by atoms with Gasteiger partial charge >= 0.3 is 5.69 Å². The third-order valence-electron chi connectivity index (χ3n) is 5.14. The molecule has 2 atom stereocenters. The van der Waals surface area contributed by atoms with Crippen LogP contribution in [0.15, 0.2) is 58.5 Å². The number of carbonyl (C=O) groups is 1. The molecular weight excluding hydrogens is 436 g/mol. The molecule has 31 heavy (non-hydrogen) atoms. The van der Waals surface area contributed by atoms with E-state index < -0.39 is 5.25 Å². The average Bonchev–Trinajstić information content (AvgIpc) is 3.40. The number of benzene rings is 2. The molecule has 0 saturated carbocycles. The molecule has 9 heteroatoms.